The quantitative estimate of drug-likeness (QED) is 0.523. The summed E-state index contributed by atoms with van der Waals surface area (Å²) in [5, 5.41) is 2.54. The number of rotatable bonds is 1. The molecule has 0 bridgehead atoms. The van der Waals surface area contributed by atoms with Gasteiger partial charge in [-0.1, -0.05) is 0 Å². The van der Waals surface area contributed by atoms with Crippen LogP contribution in [0.4, 0.5) is 16.2 Å². The highest BCUT2D eigenvalue weighted by Crippen LogP contribution is 2.20. The Balaban J connectivity index is 2.35. The minimum Gasteiger partial charge on any atom is -0.399 e. The lowest BCUT2D eigenvalue weighted by Gasteiger charge is -2.12. The van der Waals surface area contributed by atoms with Crippen molar-refractivity contribution < 1.29 is 9.59 Å². The maximum absolute atomic E-state index is 11.6. The van der Waals surface area contributed by atoms with Crippen molar-refractivity contribution in [2.75, 3.05) is 10.6 Å². The van der Waals surface area contributed by atoms with E-state index in [1.54, 1.807) is 31.2 Å². The van der Waals surface area contributed by atoms with Gasteiger partial charge in [0, 0.05) is 5.69 Å². The molecule has 5 nitrogen and oxygen atoms in total. The molecule has 3 amide bonds. The number of benzene rings is 1. The molecule has 0 aromatic heterocycles. The molecule has 0 spiro atoms. The number of nitrogens with one attached hydrogen (secondary N) is 1. The van der Waals surface area contributed by atoms with Crippen molar-refractivity contribution in [3.8, 4) is 0 Å². The molecule has 1 aromatic carbocycles. The van der Waals surface area contributed by atoms with Crippen molar-refractivity contribution in [3.63, 3.8) is 0 Å². The number of urea groups is 1. The van der Waals surface area contributed by atoms with Crippen LogP contribution in [0.2, 0.25) is 0 Å². The molecule has 1 heterocycles. The van der Waals surface area contributed by atoms with E-state index in [0.29, 0.717) is 11.4 Å². The van der Waals surface area contributed by atoms with Gasteiger partial charge in [-0.15, -0.1) is 0 Å². The van der Waals surface area contributed by atoms with Crippen molar-refractivity contribution in [3.05, 3.63) is 24.3 Å². The number of hydrogen-bond donors (Lipinski definition) is 2. The number of nitrogen functional groups attached to an aromatic ring is 1. The summed E-state index contributed by atoms with van der Waals surface area (Å²) < 4.78 is 0. The SMILES string of the molecule is C[C@H]1NC(=O)N(c2ccc(N)cc2)C1=O. The van der Waals surface area contributed by atoms with Gasteiger partial charge in [0.15, 0.2) is 0 Å². The van der Waals surface area contributed by atoms with Crippen LogP contribution in [0.3, 0.4) is 0 Å². The Morgan fingerprint density at radius 2 is 1.87 bits per heavy atom. The van der Waals surface area contributed by atoms with Crippen molar-refractivity contribution >= 4 is 23.3 Å². The second-order valence-electron chi connectivity index (χ2n) is 3.44. The summed E-state index contributed by atoms with van der Waals surface area (Å²) in [5.41, 5.74) is 6.65. The van der Waals surface area contributed by atoms with E-state index in [1.807, 2.05) is 0 Å². The van der Waals surface area contributed by atoms with Gasteiger partial charge in [-0.2, -0.15) is 0 Å². The molecule has 1 aliphatic rings. The third-order valence-electron chi connectivity index (χ3n) is 2.29. The summed E-state index contributed by atoms with van der Waals surface area (Å²) >= 11 is 0. The number of nitrogens with zero attached hydrogens (tertiary/aromatic N) is 1. The van der Waals surface area contributed by atoms with E-state index >= 15 is 0 Å². The Kier molecular flexibility index (Phi) is 2.07. The van der Waals surface area contributed by atoms with Gasteiger partial charge in [-0.25, -0.2) is 9.69 Å². The van der Waals surface area contributed by atoms with Crippen molar-refractivity contribution in [2.45, 2.75) is 13.0 Å². The zero-order valence-electron chi connectivity index (χ0n) is 8.23. The topological polar surface area (TPSA) is 75.4 Å². The third kappa shape index (κ3) is 1.52. The second kappa shape index (κ2) is 3.27. The lowest BCUT2D eigenvalue weighted by Crippen LogP contribution is -2.30. The summed E-state index contributed by atoms with van der Waals surface area (Å²) in [5.74, 6) is -0.246. The predicted octanol–water partition coefficient (Wildman–Crippen LogP) is 0.714. The largest absolute Gasteiger partial charge is 0.399 e. The first-order valence-corrected chi connectivity index (χ1v) is 4.59. The van der Waals surface area contributed by atoms with E-state index in [9.17, 15) is 9.59 Å². The van der Waals surface area contributed by atoms with Gasteiger partial charge in [0.25, 0.3) is 5.91 Å². The van der Waals surface area contributed by atoms with E-state index in [4.69, 9.17) is 5.73 Å². The first-order chi connectivity index (χ1) is 7.09. The average molecular weight is 205 g/mol. The Labute approximate surface area is 86.9 Å². The number of anilines is 2. The van der Waals surface area contributed by atoms with Crippen molar-refractivity contribution in [2.24, 2.45) is 0 Å². The van der Waals surface area contributed by atoms with Gasteiger partial charge >= 0.3 is 6.03 Å². The molecule has 0 radical (unpaired) electrons. The zero-order valence-corrected chi connectivity index (χ0v) is 8.23. The first-order valence-electron chi connectivity index (χ1n) is 4.59. The minimum atomic E-state index is -0.463. The number of imide groups is 1. The summed E-state index contributed by atoms with van der Waals surface area (Å²) in [6.45, 7) is 1.65. The number of hydrogen-bond acceptors (Lipinski definition) is 3. The molecule has 1 aromatic rings. The molecule has 78 valence electrons. The highest BCUT2D eigenvalue weighted by atomic mass is 16.2. The van der Waals surface area contributed by atoms with E-state index in [-0.39, 0.29) is 5.91 Å². The van der Waals surface area contributed by atoms with Gasteiger partial charge in [-0.05, 0) is 31.2 Å². The van der Waals surface area contributed by atoms with Gasteiger partial charge in [-0.3, -0.25) is 4.79 Å². The lowest BCUT2D eigenvalue weighted by molar-refractivity contribution is -0.117. The van der Waals surface area contributed by atoms with Crippen LogP contribution in [0.25, 0.3) is 0 Å². The summed E-state index contributed by atoms with van der Waals surface area (Å²) in [4.78, 5) is 24.2. The van der Waals surface area contributed by atoms with Crippen LogP contribution >= 0.6 is 0 Å². The average Bonchev–Trinajstić information content (AvgIpc) is 2.44. The molecule has 3 N–H and O–H groups in total. The Morgan fingerprint density at radius 3 is 2.33 bits per heavy atom. The zero-order chi connectivity index (χ0) is 11.0. The van der Waals surface area contributed by atoms with Crippen molar-refractivity contribution in [1.29, 1.82) is 0 Å². The normalized spacial score (nSPS) is 20.6. The summed E-state index contributed by atoms with van der Waals surface area (Å²) in [6, 6.07) is 5.74. The number of carbonyl (C=O) groups excluding carboxylic acids is 2. The highest BCUT2D eigenvalue weighted by molar-refractivity contribution is 6.21. The Bertz CT molecular complexity index is 413. The fourth-order valence-electron chi connectivity index (χ4n) is 1.47. The van der Waals surface area contributed by atoms with Crippen molar-refractivity contribution in [1.82, 2.24) is 5.32 Å². The molecular formula is C10H11N3O2. The van der Waals surface area contributed by atoms with Crippen LogP contribution in [0.5, 0.6) is 0 Å². The van der Waals surface area contributed by atoms with Crippen LogP contribution in [0.1, 0.15) is 6.92 Å². The Hall–Kier alpha value is -2.04. The van der Waals surface area contributed by atoms with Crippen LogP contribution < -0.4 is 16.0 Å². The summed E-state index contributed by atoms with van der Waals surface area (Å²) in [7, 11) is 0. The van der Waals surface area contributed by atoms with Gasteiger partial charge in [0.2, 0.25) is 0 Å². The standard InChI is InChI=1S/C10H11N3O2/c1-6-9(14)13(10(15)12-6)8-4-2-7(11)3-5-8/h2-6H,11H2,1H3,(H,12,15)/t6-/m1/s1. The lowest BCUT2D eigenvalue weighted by atomic mass is 10.2. The molecular weight excluding hydrogens is 194 g/mol. The minimum absolute atomic E-state index is 0.246. The van der Waals surface area contributed by atoms with Crippen LogP contribution in [-0.2, 0) is 4.79 Å². The van der Waals surface area contributed by atoms with E-state index in [1.165, 1.54) is 0 Å². The molecule has 0 saturated carbocycles. The van der Waals surface area contributed by atoms with Crippen LogP contribution in [0, 0.1) is 0 Å². The molecule has 0 aliphatic carbocycles. The van der Waals surface area contributed by atoms with Gasteiger partial charge < -0.3 is 11.1 Å². The van der Waals surface area contributed by atoms with Crippen LogP contribution in [-0.4, -0.2) is 18.0 Å². The van der Waals surface area contributed by atoms with Crippen LogP contribution in [0.15, 0.2) is 24.3 Å². The van der Waals surface area contributed by atoms with E-state index in [2.05, 4.69) is 5.32 Å². The Morgan fingerprint density at radius 1 is 1.27 bits per heavy atom. The number of nitrogens with two attached hydrogens (primary N) is 1. The molecule has 1 fully saturated rings. The van der Waals surface area contributed by atoms with E-state index < -0.39 is 12.1 Å². The maximum Gasteiger partial charge on any atom is 0.329 e. The molecule has 15 heavy (non-hydrogen) atoms. The molecule has 1 aliphatic heterocycles. The van der Waals surface area contributed by atoms with E-state index in [0.717, 1.165) is 4.90 Å². The van der Waals surface area contributed by atoms with Gasteiger partial charge in [0.05, 0.1) is 5.69 Å². The molecule has 1 atom stereocenters. The highest BCUT2D eigenvalue weighted by Gasteiger charge is 2.35. The molecule has 1 saturated heterocycles. The second-order valence-corrected chi connectivity index (χ2v) is 3.44. The molecule has 2 rings (SSSR count). The molecule has 5 heteroatoms. The predicted molar refractivity (Wildman–Crippen MR) is 56.3 cm³/mol. The fourth-order valence-corrected chi connectivity index (χ4v) is 1.47. The first kappa shape index (κ1) is 9.51. The number of carbonyl (C=O) groups is 2. The maximum atomic E-state index is 11.6. The fraction of sp³-hybridized carbons (Fsp3) is 0.200. The monoisotopic (exact) mass is 205 g/mol. The van der Waals surface area contributed by atoms with Gasteiger partial charge in [0.1, 0.15) is 6.04 Å². The third-order valence-corrected chi connectivity index (χ3v) is 2.29. The molecule has 0 unspecified atom stereocenters. The summed E-state index contributed by atoms with van der Waals surface area (Å²) in [6.07, 6.45) is 0. The number of amides is 3. The smallest absolute Gasteiger partial charge is 0.329 e.